The Hall–Kier alpha value is -2.29. The molecule has 3 heteroatoms. The number of halogens is 3. The Morgan fingerprint density at radius 3 is 2.12 bits per heavy atom. The maximum atomic E-state index is 14.9. The molecule has 0 bridgehead atoms. The average Bonchev–Trinajstić information content (AvgIpc) is 2.60. The van der Waals surface area contributed by atoms with Crippen molar-refractivity contribution in [3.63, 3.8) is 0 Å². The number of aryl methyl sites for hydroxylation is 2. The van der Waals surface area contributed by atoms with Crippen molar-refractivity contribution in [2.45, 2.75) is 33.1 Å². The Balaban J connectivity index is 2.20. The van der Waals surface area contributed by atoms with Gasteiger partial charge in [-0.3, -0.25) is 0 Å². The van der Waals surface area contributed by atoms with Crippen LogP contribution in [0.4, 0.5) is 13.2 Å². The highest BCUT2D eigenvalue weighted by atomic mass is 19.2. The molecule has 0 aromatic heterocycles. The molecule has 24 heavy (non-hydrogen) atoms. The second-order valence-corrected chi connectivity index (χ2v) is 5.99. The number of rotatable bonds is 4. The summed E-state index contributed by atoms with van der Waals surface area (Å²) in [5, 5.41) is 0.119. The molecule has 3 aromatic carbocycles. The molecular formula is C21H19F3. The highest BCUT2D eigenvalue weighted by Gasteiger charge is 2.18. The van der Waals surface area contributed by atoms with Crippen molar-refractivity contribution in [1.29, 1.82) is 0 Å². The normalized spacial score (nSPS) is 11.2. The van der Waals surface area contributed by atoms with Crippen molar-refractivity contribution in [2.75, 3.05) is 0 Å². The van der Waals surface area contributed by atoms with Crippen molar-refractivity contribution in [1.82, 2.24) is 0 Å². The first-order valence-corrected chi connectivity index (χ1v) is 8.25. The van der Waals surface area contributed by atoms with E-state index in [2.05, 4.69) is 0 Å². The quantitative estimate of drug-likeness (QED) is 0.517. The molecule has 124 valence electrons. The highest BCUT2D eigenvalue weighted by molar-refractivity contribution is 5.89. The first-order valence-electron chi connectivity index (χ1n) is 8.25. The van der Waals surface area contributed by atoms with E-state index in [1.165, 1.54) is 0 Å². The molecule has 0 aliphatic carbocycles. The standard InChI is InChI=1S/C21H19F3/c1-3-5-16-12-15-10-11-17(14-8-6-13(4-2)7-9-14)20(23)18(15)21(24)19(16)22/h6-12H,3-5H2,1-2H3. The maximum Gasteiger partial charge on any atom is 0.169 e. The Labute approximate surface area is 139 Å². The molecule has 0 aliphatic heterocycles. The first kappa shape index (κ1) is 16.6. The summed E-state index contributed by atoms with van der Waals surface area (Å²) >= 11 is 0. The van der Waals surface area contributed by atoms with E-state index < -0.39 is 17.5 Å². The van der Waals surface area contributed by atoms with Gasteiger partial charge in [0.15, 0.2) is 11.6 Å². The average molecular weight is 328 g/mol. The van der Waals surface area contributed by atoms with E-state index in [0.29, 0.717) is 29.4 Å². The predicted octanol–water partition coefficient (Wildman–Crippen LogP) is 6.44. The molecule has 0 saturated heterocycles. The summed E-state index contributed by atoms with van der Waals surface area (Å²) in [6.45, 7) is 3.93. The van der Waals surface area contributed by atoms with Crippen molar-refractivity contribution >= 4 is 10.8 Å². The van der Waals surface area contributed by atoms with Crippen LogP contribution in [0.15, 0.2) is 42.5 Å². The van der Waals surface area contributed by atoms with Gasteiger partial charge >= 0.3 is 0 Å². The zero-order chi connectivity index (χ0) is 17.3. The Morgan fingerprint density at radius 1 is 0.792 bits per heavy atom. The van der Waals surface area contributed by atoms with Crippen LogP contribution in [0.5, 0.6) is 0 Å². The van der Waals surface area contributed by atoms with Crippen LogP contribution in [-0.2, 0) is 12.8 Å². The summed E-state index contributed by atoms with van der Waals surface area (Å²) in [7, 11) is 0. The minimum absolute atomic E-state index is 0.274. The summed E-state index contributed by atoms with van der Waals surface area (Å²) in [6.07, 6.45) is 2.02. The predicted molar refractivity (Wildman–Crippen MR) is 92.6 cm³/mol. The lowest BCUT2D eigenvalue weighted by atomic mass is 9.96. The second kappa shape index (κ2) is 6.68. The van der Waals surface area contributed by atoms with Crippen molar-refractivity contribution in [2.24, 2.45) is 0 Å². The van der Waals surface area contributed by atoms with Gasteiger partial charge in [0.1, 0.15) is 5.82 Å². The molecule has 0 radical (unpaired) electrons. The van der Waals surface area contributed by atoms with E-state index in [-0.39, 0.29) is 10.9 Å². The fourth-order valence-electron chi connectivity index (χ4n) is 3.03. The van der Waals surface area contributed by atoms with Gasteiger partial charge in [0.25, 0.3) is 0 Å². The first-order chi connectivity index (χ1) is 11.6. The van der Waals surface area contributed by atoms with E-state index in [9.17, 15) is 13.2 Å². The number of fused-ring (bicyclic) bond motifs is 1. The number of hydrogen-bond donors (Lipinski definition) is 0. The van der Waals surface area contributed by atoms with Gasteiger partial charge in [0.05, 0.1) is 5.39 Å². The molecule has 3 aromatic rings. The van der Waals surface area contributed by atoms with Crippen molar-refractivity contribution in [3.05, 3.63) is 71.0 Å². The van der Waals surface area contributed by atoms with Gasteiger partial charge in [-0.1, -0.05) is 56.7 Å². The molecule has 0 amide bonds. The summed E-state index contributed by atoms with van der Waals surface area (Å²) in [5.41, 5.74) is 2.37. The smallest absolute Gasteiger partial charge is 0.169 e. The molecule has 0 fully saturated rings. The van der Waals surface area contributed by atoms with Crippen LogP contribution in [0, 0.1) is 17.5 Å². The van der Waals surface area contributed by atoms with Gasteiger partial charge < -0.3 is 0 Å². The third-order valence-electron chi connectivity index (χ3n) is 4.39. The van der Waals surface area contributed by atoms with E-state index in [1.54, 1.807) is 18.2 Å². The van der Waals surface area contributed by atoms with Gasteiger partial charge in [-0.05, 0) is 41.0 Å². The van der Waals surface area contributed by atoms with E-state index in [4.69, 9.17) is 0 Å². The maximum absolute atomic E-state index is 14.9. The van der Waals surface area contributed by atoms with Crippen LogP contribution in [0.1, 0.15) is 31.4 Å². The summed E-state index contributed by atoms with van der Waals surface area (Å²) in [5.74, 6) is -2.75. The molecule has 3 rings (SSSR count). The lowest BCUT2D eigenvalue weighted by molar-refractivity contribution is 0.502. The molecule has 0 atom stereocenters. The van der Waals surface area contributed by atoms with Crippen molar-refractivity contribution in [3.8, 4) is 11.1 Å². The van der Waals surface area contributed by atoms with Crippen LogP contribution in [0.25, 0.3) is 21.9 Å². The molecule has 0 saturated carbocycles. The van der Waals surface area contributed by atoms with Gasteiger partial charge in [-0.25, -0.2) is 13.2 Å². The SMILES string of the molecule is CCCc1cc2ccc(-c3ccc(CC)cc3)c(F)c2c(F)c1F. The highest BCUT2D eigenvalue weighted by Crippen LogP contribution is 2.33. The van der Waals surface area contributed by atoms with Crippen LogP contribution < -0.4 is 0 Å². The molecule has 0 unspecified atom stereocenters. The zero-order valence-electron chi connectivity index (χ0n) is 13.8. The minimum Gasteiger partial charge on any atom is -0.206 e. The Kier molecular flexibility index (Phi) is 4.61. The fourth-order valence-corrected chi connectivity index (χ4v) is 3.03. The van der Waals surface area contributed by atoms with E-state index in [1.807, 2.05) is 38.1 Å². The fraction of sp³-hybridized carbons (Fsp3) is 0.238. The summed E-state index contributed by atoms with van der Waals surface area (Å²) < 4.78 is 43.5. The third-order valence-corrected chi connectivity index (χ3v) is 4.39. The van der Waals surface area contributed by atoms with Gasteiger partial charge in [0, 0.05) is 5.56 Å². The molecule has 0 aliphatic rings. The van der Waals surface area contributed by atoms with Crippen LogP contribution in [0.3, 0.4) is 0 Å². The van der Waals surface area contributed by atoms with Gasteiger partial charge in [-0.15, -0.1) is 0 Å². The number of hydrogen-bond acceptors (Lipinski definition) is 0. The second-order valence-electron chi connectivity index (χ2n) is 5.99. The Morgan fingerprint density at radius 2 is 1.50 bits per heavy atom. The molecule has 0 N–H and O–H groups in total. The monoisotopic (exact) mass is 328 g/mol. The van der Waals surface area contributed by atoms with E-state index in [0.717, 1.165) is 12.0 Å². The van der Waals surface area contributed by atoms with Crippen molar-refractivity contribution < 1.29 is 13.2 Å². The van der Waals surface area contributed by atoms with Gasteiger partial charge in [0.2, 0.25) is 0 Å². The van der Waals surface area contributed by atoms with Crippen LogP contribution in [-0.4, -0.2) is 0 Å². The third kappa shape index (κ3) is 2.79. The minimum atomic E-state index is -1.10. The van der Waals surface area contributed by atoms with Crippen LogP contribution in [0.2, 0.25) is 0 Å². The molecule has 0 heterocycles. The molecule has 0 spiro atoms. The summed E-state index contributed by atoms with van der Waals surface area (Å²) in [6, 6.07) is 12.3. The molecule has 0 nitrogen and oxygen atoms in total. The summed E-state index contributed by atoms with van der Waals surface area (Å²) in [4.78, 5) is 0. The molecular weight excluding hydrogens is 309 g/mol. The zero-order valence-corrected chi connectivity index (χ0v) is 13.8. The van der Waals surface area contributed by atoms with Gasteiger partial charge in [-0.2, -0.15) is 0 Å². The topological polar surface area (TPSA) is 0 Å². The number of benzene rings is 3. The largest absolute Gasteiger partial charge is 0.206 e. The van der Waals surface area contributed by atoms with Crippen LogP contribution >= 0.6 is 0 Å². The van der Waals surface area contributed by atoms with E-state index >= 15 is 0 Å². The lowest BCUT2D eigenvalue weighted by Crippen LogP contribution is -1.99. The Bertz CT molecular complexity index is 880. The lowest BCUT2D eigenvalue weighted by Gasteiger charge is -2.11.